The van der Waals surface area contributed by atoms with Crippen molar-refractivity contribution in [3.63, 3.8) is 0 Å². The summed E-state index contributed by atoms with van der Waals surface area (Å²) in [4.78, 5) is 16.1. The van der Waals surface area contributed by atoms with Gasteiger partial charge >= 0.3 is 0 Å². The molecule has 0 aliphatic rings. The highest BCUT2D eigenvalue weighted by Crippen LogP contribution is 2.16. The number of hydrogen-bond donors (Lipinski definition) is 4. The summed E-state index contributed by atoms with van der Waals surface area (Å²) in [6.45, 7) is 0.293. The third-order valence-electron chi connectivity index (χ3n) is 3.31. The number of H-pyrrole nitrogens is 2. The number of aromatic amines is 2. The minimum absolute atomic E-state index is 0.258. The fourth-order valence-electron chi connectivity index (χ4n) is 2.06. The Hall–Kier alpha value is -3.20. The van der Waals surface area contributed by atoms with Crippen molar-refractivity contribution in [1.29, 1.82) is 0 Å². The lowest BCUT2D eigenvalue weighted by Gasteiger charge is -2.12. The molecule has 1 atom stereocenters. The van der Waals surface area contributed by atoms with Crippen LogP contribution in [0.4, 0.5) is 5.69 Å². The van der Waals surface area contributed by atoms with E-state index in [0.29, 0.717) is 30.3 Å². The molecule has 0 fully saturated rings. The Balaban J connectivity index is 1.50. The molecule has 0 bridgehead atoms. The Labute approximate surface area is 137 Å². The average Bonchev–Trinajstić information content (AvgIpc) is 3.27. The number of nitrogens with one attached hydrogen (secondary N) is 3. The van der Waals surface area contributed by atoms with Crippen LogP contribution in [0.15, 0.2) is 43.0 Å². The first-order chi connectivity index (χ1) is 11.7. The number of nitrogens with zero attached hydrogens (tertiary/aromatic N) is 3. The minimum Gasteiger partial charge on any atom is -0.486 e. The summed E-state index contributed by atoms with van der Waals surface area (Å²) in [5.74, 6) is 1.04. The molecule has 0 radical (unpaired) electrons. The molecular formula is C15H17N7O2. The van der Waals surface area contributed by atoms with Crippen molar-refractivity contribution in [3.05, 3.63) is 54.4 Å². The molecule has 9 nitrogen and oxygen atoms in total. The molecule has 0 aliphatic carbocycles. The van der Waals surface area contributed by atoms with E-state index in [2.05, 4.69) is 30.7 Å². The maximum Gasteiger partial charge on any atom is 0.241 e. The maximum absolute atomic E-state index is 12.1. The van der Waals surface area contributed by atoms with Gasteiger partial charge in [0.2, 0.25) is 5.91 Å². The molecule has 0 aliphatic heterocycles. The highest BCUT2D eigenvalue weighted by atomic mass is 16.5. The first kappa shape index (κ1) is 15.7. The van der Waals surface area contributed by atoms with Gasteiger partial charge in [0, 0.05) is 11.9 Å². The second kappa shape index (κ2) is 7.38. The fourth-order valence-corrected chi connectivity index (χ4v) is 2.06. The predicted molar refractivity (Wildman–Crippen MR) is 86.1 cm³/mol. The summed E-state index contributed by atoms with van der Waals surface area (Å²) < 4.78 is 5.55. The van der Waals surface area contributed by atoms with E-state index in [-0.39, 0.29) is 5.91 Å². The molecule has 24 heavy (non-hydrogen) atoms. The van der Waals surface area contributed by atoms with Crippen LogP contribution in [0.5, 0.6) is 5.75 Å². The molecular weight excluding hydrogens is 310 g/mol. The van der Waals surface area contributed by atoms with E-state index in [1.807, 2.05) is 0 Å². The number of hydrogen-bond acceptors (Lipinski definition) is 6. The van der Waals surface area contributed by atoms with Crippen molar-refractivity contribution in [1.82, 2.24) is 25.4 Å². The molecule has 124 valence electrons. The van der Waals surface area contributed by atoms with E-state index < -0.39 is 6.04 Å². The van der Waals surface area contributed by atoms with Crippen molar-refractivity contribution in [2.45, 2.75) is 19.1 Å². The van der Waals surface area contributed by atoms with Gasteiger partial charge in [-0.3, -0.25) is 15.0 Å². The Morgan fingerprint density at radius 1 is 1.29 bits per heavy atom. The molecule has 2 aromatic heterocycles. The van der Waals surface area contributed by atoms with E-state index in [1.165, 1.54) is 6.33 Å². The standard InChI is InChI=1S/C15H17N7O2/c16-13(5-10-6-18-19-7-10)15(23)21-11-1-3-12(4-2-11)24-8-14-17-9-20-22-14/h1-4,6-7,9,13H,5,8,16H2,(H,18,19)(H,21,23)(H,17,20,22). The van der Waals surface area contributed by atoms with E-state index in [0.717, 1.165) is 5.56 Å². The maximum atomic E-state index is 12.1. The summed E-state index contributed by atoms with van der Waals surface area (Å²) in [7, 11) is 0. The second-order valence-corrected chi connectivity index (χ2v) is 5.15. The van der Waals surface area contributed by atoms with Gasteiger partial charge in [-0.1, -0.05) is 0 Å². The number of nitrogens with two attached hydrogens (primary N) is 1. The molecule has 3 rings (SSSR count). The summed E-state index contributed by atoms with van der Waals surface area (Å²) in [5.41, 5.74) is 7.42. The summed E-state index contributed by atoms with van der Waals surface area (Å²) in [6, 6.07) is 6.36. The Bertz CT molecular complexity index is 754. The molecule has 0 spiro atoms. The number of carbonyl (C=O) groups excluding carboxylic acids is 1. The van der Waals surface area contributed by atoms with Gasteiger partial charge in [-0.05, 0) is 36.2 Å². The van der Waals surface area contributed by atoms with Gasteiger partial charge < -0.3 is 15.8 Å². The summed E-state index contributed by atoms with van der Waals surface area (Å²) in [6.07, 6.45) is 5.20. The van der Waals surface area contributed by atoms with Crippen molar-refractivity contribution < 1.29 is 9.53 Å². The normalized spacial score (nSPS) is 11.9. The van der Waals surface area contributed by atoms with Crippen LogP contribution in [-0.4, -0.2) is 37.3 Å². The highest BCUT2D eigenvalue weighted by Gasteiger charge is 2.14. The first-order valence-corrected chi connectivity index (χ1v) is 7.32. The smallest absolute Gasteiger partial charge is 0.241 e. The van der Waals surface area contributed by atoms with Crippen molar-refractivity contribution in [2.75, 3.05) is 5.32 Å². The summed E-state index contributed by atoms with van der Waals surface area (Å²) in [5, 5.41) is 15.7. The Morgan fingerprint density at radius 3 is 2.79 bits per heavy atom. The number of carbonyl (C=O) groups is 1. The van der Waals surface area contributed by atoms with Gasteiger partial charge in [0.1, 0.15) is 18.7 Å². The minimum atomic E-state index is -0.648. The second-order valence-electron chi connectivity index (χ2n) is 5.15. The van der Waals surface area contributed by atoms with Gasteiger partial charge in [-0.15, -0.1) is 0 Å². The van der Waals surface area contributed by atoms with Crippen LogP contribution in [-0.2, 0) is 17.8 Å². The molecule has 1 unspecified atom stereocenters. The number of anilines is 1. The van der Waals surface area contributed by atoms with E-state index in [9.17, 15) is 4.79 Å². The quantitative estimate of drug-likeness (QED) is 0.502. The van der Waals surface area contributed by atoms with Crippen LogP contribution >= 0.6 is 0 Å². The van der Waals surface area contributed by atoms with Crippen LogP contribution in [0.2, 0.25) is 0 Å². The topological polar surface area (TPSA) is 135 Å². The number of benzene rings is 1. The monoisotopic (exact) mass is 327 g/mol. The van der Waals surface area contributed by atoms with Crippen molar-refractivity contribution in [3.8, 4) is 5.75 Å². The number of rotatable bonds is 7. The molecule has 0 saturated heterocycles. The molecule has 2 heterocycles. The number of ether oxygens (including phenoxy) is 1. The van der Waals surface area contributed by atoms with Gasteiger partial charge in [0.05, 0.1) is 12.2 Å². The van der Waals surface area contributed by atoms with Gasteiger partial charge in [0.25, 0.3) is 0 Å². The third kappa shape index (κ3) is 4.17. The highest BCUT2D eigenvalue weighted by molar-refractivity contribution is 5.94. The van der Waals surface area contributed by atoms with Crippen LogP contribution in [0.3, 0.4) is 0 Å². The molecule has 9 heteroatoms. The average molecular weight is 327 g/mol. The number of amides is 1. The largest absolute Gasteiger partial charge is 0.486 e. The van der Waals surface area contributed by atoms with E-state index in [1.54, 1.807) is 36.7 Å². The SMILES string of the molecule is NC(Cc1cn[nH]c1)C(=O)Nc1ccc(OCc2ncn[nH]2)cc1. The van der Waals surface area contributed by atoms with Gasteiger partial charge in [0.15, 0.2) is 5.82 Å². The van der Waals surface area contributed by atoms with Crippen molar-refractivity contribution in [2.24, 2.45) is 5.73 Å². The molecule has 5 N–H and O–H groups in total. The van der Waals surface area contributed by atoms with E-state index in [4.69, 9.17) is 10.5 Å². The van der Waals surface area contributed by atoms with Gasteiger partial charge in [-0.2, -0.15) is 10.2 Å². The van der Waals surface area contributed by atoms with Crippen LogP contribution in [0.25, 0.3) is 0 Å². The first-order valence-electron chi connectivity index (χ1n) is 7.32. The molecule has 0 saturated carbocycles. The van der Waals surface area contributed by atoms with Crippen LogP contribution in [0.1, 0.15) is 11.4 Å². The van der Waals surface area contributed by atoms with Gasteiger partial charge in [-0.25, -0.2) is 4.98 Å². The lowest BCUT2D eigenvalue weighted by Crippen LogP contribution is -2.37. The lowest BCUT2D eigenvalue weighted by molar-refractivity contribution is -0.117. The third-order valence-corrected chi connectivity index (χ3v) is 3.31. The van der Waals surface area contributed by atoms with Crippen LogP contribution in [0, 0.1) is 0 Å². The zero-order valence-corrected chi connectivity index (χ0v) is 12.8. The molecule has 3 aromatic rings. The zero-order chi connectivity index (χ0) is 16.8. The number of aromatic nitrogens is 5. The Kier molecular flexibility index (Phi) is 4.82. The predicted octanol–water partition coefficient (Wildman–Crippen LogP) is 0.615. The molecule has 1 amide bonds. The lowest BCUT2D eigenvalue weighted by atomic mass is 10.1. The Morgan fingerprint density at radius 2 is 2.12 bits per heavy atom. The van der Waals surface area contributed by atoms with Crippen LogP contribution < -0.4 is 15.8 Å². The van der Waals surface area contributed by atoms with Crippen molar-refractivity contribution >= 4 is 11.6 Å². The fraction of sp³-hybridized carbons (Fsp3) is 0.200. The molecule has 1 aromatic carbocycles. The summed E-state index contributed by atoms with van der Waals surface area (Å²) >= 11 is 0. The zero-order valence-electron chi connectivity index (χ0n) is 12.8. The van der Waals surface area contributed by atoms with E-state index >= 15 is 0 Å².